The van der Waals surface area contributed by atoms with E-state index in [0.29, 0.717) is 19.3 Å². The van der Waals surface area contributed by atoms with Crippen LogP contribution in [0.3, 0.4) is 0 Å². The Morgan fingerprint density at radius 2 is 0.722 bits per heavy atom. The number of ether oxygens (including phenoxy) is 3. The highest BCUT2D eigenvalue weighted by atomic mass is 16.6. The summed E-state index contributed by atoms with van der Waals surface area (Å²) >= 11 is 0. The Morgan fingerprint density at radius 1 is 0.389 bits per heavy atom. The van der Waals surface area contributed by atoms with Crippen LogP contribution >= 0.6 is 0 Å². The molecule has 0 rings (SSSR count). The lowest BCUT2D eigenvalue weighted by molar-refractivity contribution is -0.167. The van der Waals surface area contributed by atoms with E-state index < -0.39 is 6.10 Å². The summed E-state index contributed by atoms with van der Waals surface area (Å²) in [5.41, 5.74) is 0. The van der Waals surface area contributed by atoms with Gasteiger partial charge in [0.2, 0.25) is 0 Å². The van der Waals surface area contributed by atoms with Gasteiger partial charge in [0.1, 0.15) is 13.2 Å². The van der Waals surface area contributed by atoms with Gasteiger partial charge in [-0.05, 0) is 103 Å². The Hall–Kier alpha value is -3.15. The molecule has 0 aliphatic heterocycles. The molecule has 6 nitrogen and oxygen atoms in total. The van der Waals surface area contributed by atoms with Crippen LogP contribution in [0.25, 0.3) is 0 Å². The van der Waals surface area contributed by atoms with E-state index in [1.165, 1.54) is 64.2 Å². The fourth-order valence-corrected chi connectivity index (χ4v) is 5.66. The minimum absolute atomic E-state index is 0.104. The topological polar surface area (TPSA) is 78.9 Å². The summed E-state index contributed by atoms with van der Waals surface area (Å²) in [5, 5.41) is 0. The van der Waals surface area contributed by atoms with E-state index in [1.807, 2.05) is 0 Å². The van der Waals surface area contributed by atoms with Crippen LogP contribution in [-0.4, -0.2) is 37.2 Å². The largest absolute Gasteiger partial charge is 0.462 e. The van der Waals surface area contributed by atoms with Crippen molar-refractivity contribution in [2.24, 2.45) is 0 Å². The maximum Gasteiger partial charge on any atom is 0.306 e. The molecule has 0 aliphatic carbocycles. The Labute approximate surface area is 332 Å². The predicted octanol–water partition coefficient (Wildman–Crippen LogP) is 13.9. The first kappa shape index (κ1) is 50.9. The Kier molecular flexibility index (Phi) is 40.1. The smallest absolute Gasteiger partial charge is 0.306 e. The van der Waals surface area contributed by atoms with Crippen LogP contribution in [0.2, 0.25) is 0 Å². The molecule has 0 saturated carbocycles. The van der Waals surface area contributed by atoms with Gasteiger partial charge in [0.25, 0.3) is 0 Å². The average molecular weight is 753 g/mol. The molecule has 0 spiro atoms. The molecule has 0 radical (unpaired) electrons. The van der Waals surface area contributed by atoms with Gasteiger partial charge in [-0.25, -0.2) is 0 Å². The van der Waals surface area contributed by atoms with Crippen LogP contribution < -0.4 is 0 Å². The van der Waals surface area contributed by atoms with Gasteiger partial charge >= 0.3 is 17.9 Å². The van der Waals surface area contributed by atoms with E-state index in [-0.39, 0.29) is 37.5 Å². The first-order valence-corrected chi connectivity index (χ1v) is 21.9. The van der Waals surface area contributed by atoms with E-state index in [4.69, 9.17) is 14.2 Å². The average Bonchev–Trinajstić information content (AvgIpc) is 3.17. The van der Waals surface area contributed by atoms with E-state index >= 15 is 0 Å². The molecule has 1 unspecified atom stereocenters. The van der Waals surface area contributed by atoms with Crippen molar-refractivity contribution >= 4 is 17.9 Å². The minimum Gasteiger partial charge on any atom is -0.462 e. The van der Waals surface area contributed by atoms with Crippen LogP contribution in [0.15, 0.2) is 72.9 Å². The molecule has 0 aliphatic rings. The lowest BCUT2D eigenvalue weighted by atomic mass is 10.1. The summed E-state index contributed by atoms with van der Waals surface area (Å²) in [6, 6.07) is 0. The molecule has 54 heavy (non-hydrogen) atoms. The summed E-state index contributed by atoms with van der Waals surface area (Å²) in [6.45, 7) is 6.29. The number of hydrogen-bond acceptors (Lipinski definition) is 6. The second-order valence-corrected chi connectivity index (χ2v) is 14.2. The molecular formula is C48H80O6. The molecule has 0 aromatic rings. The summed E-state index contributed by atoms with van der Waals surface area (Å²) in [6.07, 6.45) is 51.9. The van der Waals surface area contributed by atoms with E-state index in [1.54, 1.807) is 0 Å². The van der Waals surface area contributed by atoms with Crippen molar-refractivity contribution < 1.29 is 28.6 Å². The summed E-state index contributed by atoms with van der Waals surface area (Å²) in [7, 11) is 0. The second kappa shape index (κ2) is 42.6. The fraction of sp³-hybridized carbons (Fsp3) is 0.688. The Balaban J connectivity index is 4.44. The van der Waals surface area contributed by atoms with Crippen molar-refractivity contribution in [1.82, 2.24) is 0 Å². The van der Waals surface area contributed by atoms with Gasteiger partial charge in [-0.15, -0.1) is 0 Å². The number of esters is 3. The van der Waals surface area contributed by atoms with Crippen LogP contribution in [0, 0.1) is 0 Å². The number of hydrogen-bond donors (Lipinski definition) is 0. The molecule has 0 amide bonds. The molecule has 0 aromatic heterocycles. The van der Waals surface area contributed by atoms with Gasteiger partial charge in [0.05, 0.1) is 0 Å². The van der Waals surface area contributed by atoms with E-state index in [0.717, 1.165) is 83.5 Å². The third-order valence-corrected chi connectivity index (χ3v) is 8.93. The van der Waals surface area contributed by atoms with Crippen molar-refractivity contribution in [3.05, 3.63) is 72.9 Å². The highest BCUT2D eigenvalue weighted by Gasteiger charge is 2.19. The Bertz CT molecular complexity index is 1050. The van der Waals surface area contributed by atoms with Crippen molar-refractivity contribution in [3.63, 3.8) is 0 Å². The zero-order valence-electron chi connectivity index (χ0n) is 35.0. The normalized spacial score (nSPS) is 12.7. The molecule has 0 heterocycles. The van der Waals surface area contributed by atoms with Crippen molar-refractivity contribution in [3.8, 4) is 0 Å². The Morgan fingerprint density at radius 3 is 1.19 bits per heavy atom. The third kappa shape index (κ3) is 40.0. The van der Waals surface area contributed by atoms with Gasteiger partial charge in [0, 0.05) is 19.3 Å². The van der Waals surface area contributed by atoms with Gasteiger partial charge in [-0.2, -0.15) is 0 Å². The zero-order chi connectivity index (χ0) is 39.4. The van der Waals surface area contributed by atoms with Crippen molar-refractivity contribution in [2.45, 2.75) is 200 Å². The van der Waals surface area contributed by atoms with Gasteiger partial charge in [0.15, 0.2) is 6.10 Å². The van der Waals surface area contributed by atoms with Crippen LogP contribution in [-0.2, 0) is 28.6 Å². The van der Waals surface area contributed by atoms with E-state index in [9.17, 15) is 14.4 Å². The first-order valence-electron chi connectivity index (χ1n) is 21.9. The summed E-state index contributed by atoms with van der Waals surface area (Å²) in [4.78, 5) is 37.6. The molecular weight excluding hydrogens is 673 g/mol. The van der Waals surface area contributed by atoms with Crippen molar-refractivity contribution in [1.29, 1.82) is 0 Å². The predicted molar refractivity (Wildman–Crippen MR) is 228 cm³/mol. The minimum atomic E-state index is -0.806. The monoisotopic (exact) mass is 753 g/mol. The highest BCUT2D eigenvalue weighted by molar-refractivity contribution is 5.71. The maximum atomic E-state index is 12.7. The molecule has 0 aromatic carbocycles. The summed E-state index contributed by atoms with van der Waals surface area (Å²) in [5.74, 6) is -0.996. The van der Waals surface area contributed by atoms with Gasteiger partial charge in [-0.3, -0.25) is 14.4 Å². The first-order chi connectivity index (χ1) is 26.5. The molecule has 308 valence electrons. The third-order valence-electron chi connectivity index (χ3n) is 8.93. The fourth-order valence-electron chi connectivity index (χ4n) is 5.66. The SMILES string of the molecule is CC/C=C\C/C=C\C/C=C\CCCCC(=O)OC(COC(=O)CCCC/C=C\C/C=C\CC)COC(=O)CCCCCCCCC/C=C\CCCCCC. The standard InChI is InChI=1S/C48H80O6/c1-4-7-10-13-16-19-21-23-24-25-27-29-32-35-38-41-47(50)53-44-45(43-52-46(49)40-37-34-31-28-18-15-12-9-6-3)54-48(51)42-39-36-33-30-26-22-20-17-14-11-8-5-2/h8-9,11-12,17-21,26,28,30,45H,4-7,10,13-16,22-25,27,29,31-44H2,1-3H3/b11-8-,12-9-,20-17-,21-19-,28-18-,30-26-. The quantitative estimate of drug-likeness (QED) is 0.0270. The second-order valence-electron chi connectivity index (χ2n) is 14.2. The molecule has 6 heteroatoms. The van der Waals surface area contributed by atoms with Gasteiger partial charge < -0.3 is 14.2 Å². The summed E-state index contributed by atoms with van der Waals surface area (Å²) < 4.78 is 16.6. The highest BCUT2D eigenvalue weighted by Crippen LogP contribution is 2.12. The van der Waals surface area contributed by atoms with Crippen LogP contribution in [0.1, 0.15) is 194 Å². The number of rotatable bonds is 38. The number of allylic oxidation sites excluding steroid dienone is 12. The van der Waals surface area contributed by atoms with Crippen LogP contribution in [0.4, 0.5) is 0 Å². The zero-order valence-corrected chi connectivity index (χ0v) is 35.0. The number of unbranched alkanes of at least 4 members (excludes halogenated alkanes) is 15. The van der Waals surface area contributed by atoms with Crippen LogP contribution in [0.5, 0.6) is 0 Å². The van der Waals surface area contributed by atoms with Gasteiger partial charge in [-0.1, -0.05) is 145 Å². The molecule has 1 atom stereocenters. The lowest BCUT2D eigenvalue weighted by Gasteiger charge is -2.18. The molecule has 0 bridgehead atoms. The molecule has 0 fully saturated rings. The lowest BCUT2D eigenvalue weighted by Crippen LogP contribution is -2.30. The number of carbonyl (C=O) groups is 3. The molecule has 0 N–H and O–H groups in total. The molecule has 0 saturated heterocycles. The number of carbonyl (C=O) groups excluding carboxylic acids is 3. The van der Waals surface area contributed by atoms with Crippen molar-refractivity contribution in [2.75, 3.05) is 13.2 Å². The van der Waals surface area contributed by atoms with E-state index in [2.05, 4.69) is 93.7 Å². The maximum absolute atomic E-state index is 12.7.